The SMILES string of the molecule is Cc1nc(-c2ccc(NC3CC(=O)N(C4CC4)C3)nc2)[nH]c(=O)c1C. The molecule has 1 aliphatic carbocycles. The van der Waals surface area contributed by atoms with Crippen LogP contribution >= 0.6 is 0 Å². The summed E-state index contributed by atoms with van der Waals surface area (Å²) in [5.74, 6) is 1.47. The van der Waals surface area contributed by atoms with Crippen molar-refractivity contribution in [2.45, 2.75) is 45.2 Å². The third-order valence-corrected chi connectivity index (χ3v) is 4.93. The Kier molecular flexibility index (Phi) is 3.78. The number of aryl methyl sites for hydroxylation is 1. The molecule has 1 saturated heterocycles. The Morgan fingerprint density at radius 1 is 1.24 bits per heavy atom. The first kappa shape index (κ1) is 15.8. The molecule has 0 aromatic carbocycles. The van der Waals surface area contributed by atoms with Crippen LogP contribution in [0.15, 0.2) is 23.1 Å². The molecule has 3 heterocycles. The third kappa shape index (κ3) is 3.14. The van der Waals surface area contributed by atoms with Gasteiger partial charge in [0.2, 0.25) is 5.91 Å². The molecule has 2 aliphatic rings. The molecule has 0 bridgehead atoms. The summed E-state index contributed by atoms with van der Waals surface area (Å²) >= 11 is 0. The van der Waals surface area contributed by atoms with E-state index in [2.05, 4.69) is 20.3 Å². The molecule has 2 aromatic rings. The van der Waals surface area contributed by atoms with Gasteiger partial charge in [-0.25, -0.2) is 9.97 Å². The predicted molar refractivity (Wildman–Crippen MR) is 94.3 cm³/mol. The van der Waals surface area contributed by atoms with Crippen molar-refractivity contribution in [3.05, 3.63) is 39.9 Å². The molecule has 7 nitrogen and oxygen atoms in total. The van der Waals surface area contributed by atoms with Crippen LogP contribution in [0.1, 0.15) is 30.5 Å². The van der Waals surface area contributed by atoms with Crippen LogP contribution in [0, 0.1) is 13.8 Å². The number of carbonyl (C=O) groups excluding carboxylic acids is 1. The average Bonchev–Trinajstić information content (AvgIpc) is 3.36. The average molecular weight is 339 g/mol. The molecule has 1 amide bonds. The van der Waals surface area contributed by atoms with E-state index in [0.717, 1.165) is 30.8 Å². The number of hydrogen-bond donors (Lipinski definition) is 2. The van der Waals surface area contributed by atoms with Crippen LogP contribution in [0.3, 0.4) is 0 Å². The molecule has 2 aromatic heterocycles. The summed E-state index contributed by atoms with van der Waals surface area (Å²) in [6, 6.07) is 4.29. The number of nitrogens with zero attached hydrogens (tertiary/aromatic N) is 3. The number of H-pyrrole nitrogens is 1. The molecular formula is C18H21N5O2. The van der Waals surface area contributed by atoms with Gasteiger partial charge in [-0.3, -0.25) is 9.59 Å². The monoisotopic (exact) mass is 339 g/mol. The number of amides is 1. The van der Waals surface area contributed by atoms with E-state index in [1.807, 2.05) is 24.0 Å². The zero-order valence-electron chi connectivity index (χ0n) is 14.4. The van der Waals surface area contributed by atoms with Crippen LogP contribution < -0.4 is 10.9 Å². The van der Waals surface area contributed by atoms with E-state index in [0.29, 0.717) is 29.5 Å². The molecule has 1 saturated carbocycles. The predicted octanol–water partition coefficient (Wildman–Crippen LogP) is 1.62. The minimum absolute atomic E-state index is 0.103. The molecule has 1 atom stereocenters. The van der Waals surface area contributed by atoms with Crippen LogP contribution in [-0.4, -0.2) is 44.4 Å². The molecule has 7 heteroatoms. The highest BCUT2D eigenvalue weighted by Crippen LogP contribution is 2.31. The zero-order chi connectivity index (χ0) is 17.6. The molecule has 0 spiro atoms. The first-order valence-electron chi connectivity index (χ1n) is 8.61. The van der Waals surface area contributed by atoms with E-state index in [1.54, 1.807) is 13.1 Å². The van der Waals surface area contributed by atoms with E-state index in [4.69, 9.17) is 0 Å². The van der Waals surface area contributed by atoms with Crippen LogP contribution in [0.4, 0.5) is 5.82 Å². The highest BCUT2D eigenvalue weighted by molar-refractivity contribution is 5.80. The number of pyridine rings is 1. The number of carbonyl (C=O) groups is 1. The summed E-state index contributed by atoms with van der Waals surface area (Å²) in [4.78, 5) is 37.5. The largest absolute Gasteiger partial charge is 0.365 e. The number of nitrogens with one attached hydrogen (secondary N) is 2. The van der Waals surface area contributed by atoms with Gasteiger partial charge < -0.3 is 15.2 Å². The third-order valence-electron chi connectivity index (χ3n) is 4.93. The van der Waals surface area contributed by atoms with Crippen molar-refractivity contribution in [1.29, 1.82) is 0 Å². The Morgan fingerprint density at radius 2 is 2.04 bits per heavy atom. The summed E-state index contributed by atoms with van der Waals surface area (Å²) in [5.41, 5.74) is 1.97. The molecule has 2 N–H and O–H groups in total. The summed E-state index contributed by atoms with van der Waals surface area (Å²) < 4.78 is 0. The van der Waals surface area contributed by atoms with Crippen LogP contribution in [0.25, 0.3) is 11.4 Å². The van der Waals surface area contributed by atoms with E-state index < -0.39 is 0 Å². The fraction of sp³-hybridized carbons (Fsp3) is 0.444. The minimum atomic E-state index is -0.130. The van der Waals surface area contributed by atoms with Gasteiger partial charge in [-0.1, -0.05) is 0 Å². The molecule has 130 valence electrons. The molecular weight excluding hydrogens is 318 g/mol. The lowest BCUT2D eigenvalue weighted by atomic mass is 10.2. The number of likely N-dealkylation sites (tertiary alicyclic amines) is 1. The van der Waals surface area contributed by atoms with Gasteiger partial charge >= 0.3 is 0 Å². The van der Waals surface area contributed by atoms with Crippen LogP contribution in [0.2, 0.25) is 0 Å². The Labute approximate surface area is 145 Å². The van der Waals surface area contributed by atoms with Crippen LogP contribution in [0.5, 0.6) is 0 Å². The Balaban J connectivity index is 1.47. The van der Waals surface area contributed by atoms with E-state index in [-0.39, 0.29) is 17.5 Å². The number of rotatable bonds is 4. The van der Waals surface area contributed by atoms with Crippen molar-refractivity contribution < 1.29 is 4.79 Å². The van der Waals surface area contributed by atoms with Crippen LogP contribution in [-0.2, 0) is 4.79 Å². The lowest BCUT2D eigenvalue weighted by Gasteiger charge is -2.16. The van der Waals surface area contributed by atoms with Gasteiger partial charge in [0.15, 0.2) is 0 Å². The second kappa shape index (κ2) is 5.98. The molecule has 1 unspecified atom stereocenters. The lowest BCUT2D eigenvalue weighted by molar-refractivity contribution is -0.128. The van der Waals surface area contributed by atoms with Crippen molar-refractivity contribution in [3.63, 3.8) is 0 Å². The van der Waals surface area contributed by atoms with Crippen molar-refractivity contribution in [2.75, 3.05) is 11.9 Å². The molecule has 1 aliphatic heterocycles. The van der Waals surface area contributed by atoms with E-state index in [1.165, 1.54) is 0 Å². The standard InChI is InChI=1S/C18H21N5O2/c1-10-11(2)20-17(22-18(10)25)12-3-6-15(19-8-12)21-13-7-16(24)23(9-13)14-4-5-14/h3,6,8,13-14H,4-5,7,9H2,1-2H3,(H,19,21)(H,20,22,25). The van der Waals surface area contributed by atoms with Crippen molar-refractivity contribution in [1.82, 2.24) is 19.9 Å². The Hall–Kier alpha value is -2.70. The van der Waals surface area contributed by atoms with Gasteiger partial charge in [-0.15, -0.1) is 0 Å². The Morgan fingerprint density at radius 3 is 2.68 bits per heavy atom. The van der Waals surface area contributed by atoms with Gasteiger partial charge in [0.25, 0.3) is 5.56 Å². The van der Waals surface area contributed by atoms with Crippen molar-refractivity contribution in [2.24, 2.45) is 0 Å². The molecule has 4 rings (SSSR count). The number of aromatic nitrogens is 3. The maximum atomic E-state index is 12.0. The van der Waals surface area contributed by atoms with Gasteiger partial charge in [0, 0.05) is 42.0 Å². The first-order chi connectivity index (χ1) is 12.0. The fourth-order valence-electron chi connectivity index (χ4n) is 3.18. The Bertz CT molecular complexity index is 870. The second-order valence-corrected chi connectivity index (χ2v) is 6.88. The number of anilines is 1. The smallest absolute Gasteiger partial charge is 0.254 e. The molecule has 25 heavy (non-hydrogen) atoms. The van der Waals surface area contributed by atoms with Crippen molar-refractivity contribution >= 4 is 11.7 Å². The fourth-order valence-corrected chi connectivity index (χ4v) is 3.18. The van der Waals surface area contributed by atoms with Gasteiger partial charge in [-0.05, 0) is 38.8 Å². The first-order valence-corrected chi connectivity index (χ1v) is 8.61. The highest BCUT2D eigenvalue weighted by Gasteiger charge is 2.39. The zero-order valence-corrected chi connectivity index (χ0v) is 14.4. The number of aromatic amines is 1. The maximum Gasteiger partial charge on any atom is 0.254 e. The topological polar surface area (TPSA) is 91.0 Å². The number of hydrogen-bond acceptors (Lipinski definition) is 5. The normalized spacial score (nSPS) is 20.2. The molecule has 0 radical (unpaired) electrons. The minimum Gasteiger partial charge on any atom is -0.365 e. The summed E-state index contributed by atoms with van der Waals surface area (Å²) in [7, 11) is 0. The lowest BCUT2D eigenvalue weighted by Crippen LogP contribution is -2.29. The quantitative estimate of drug-likeness (QED) is 0.883. The van der Waals surface area contributed by atoms with Gasteiger partial charge in [-0.2, -0.15) is 0 Å². The van der Waals surface area contributed by atoms with Crippen molar-refractivity contribution in [3.8, 4) is 11.4 Å². The van der Waals surface area contributed by atoms with Gasteiger partial charge in [0.1, 0.15) is 11.6 Å². The van der Waals surface area contributed by atoms with Gasteiger partial charge in [0.05, 0.1) is 6.04 Å². The summed E-state index contributed by atoms with van der Waals surface area (Å²) in [6.45, 7) is 4.32. The highest BCUT2D eigenvalue weighted by atomic mass is 16.2. The summed E-state index contributed by atoms with van der Waals surface area (Å²) in [6.07, 6.45) is 4.47. The summed E-state index contributed by atoms with van der Waals surface area (Å²) in [5, 5.41) is 3.33. The van der Waals surface area contributed by atoms with E-state index in [9.17, 15) is 9.59 Å². The maximum absolute atomic E-state index is 12.0. The second-order valence-electron chi connectivity index (χ2n) is 6.88. The van der Waals surface area contributed by atoms with E-state index >= 15 is 0 Å². The molecule has 2 fully saturated rings.